The summed E-state index contributed by atoms with van der Waals surface area (Å²) in [5.41, 5.74) is 1.38. The summed E-state index contributed by atoms with van der Waals surface area (Å²) < 4.78 is 13.7. The quantitative estimate of drug-likeness (QED) is 0.808. The van der Waals surface area contributed by atoms with Gasteiger partial charge in [0.25, 0.3) is 0 Å². The molecule has 0 saturated carbocycles. The Kier molecular flexibility index (Phi) is 6.50. The molecule has 0 radical (unpaired) electrons. The summed E-state index contributed by atoms with van der Waals surface area (Å²) in [5.74, 6) is -0.624. The fourth-order valence-corrected chi connectivity index (χ4v) is 2.80. The van der Waals surface area contributed by atoms with Gasteiger partial charge < -0.3 is 10.4 Å². The number of benzene rings is 2. The van der Waals surface area contributed by atoms with Gasteiger partial charge in [-0.25, -0.2) is 4.39 Å². The van der Waals surface area contributed by atoms with Crippen molar-refractivity contribution in [3.8, 4) is 0 Å². The van der Waals surface area contributed by atoms with Gasteiger partial charge in [-0.05, 0) is 36.5 Å². The lowest BCUT2D eigenvalue weighted by Gasteiger charge is -2.19. The second-order valence-corrected chi connectivity index (χ2v) is 6.26. The highest BCUT2D eigenvalue weighted by Gasteiger charge is 2.18. The summed E-state index contributed by atoms with van der Waals surface area (Å²) in [7, 11) is 0. The number of hydrogen-bond acceptors (Lipinski definition) is 2. The first kappa shape index (κ1) is 18.1. The van der Waals surface area contributed by atoms with Gasteiger partial charge in [0.2, 0.25) is 5.91 Å². The first-order valence-corrected chi connectivity index (χ1v) is 8.24. The maximum Gasteiger partial charge on any atom is 0.220 e. The van der Waals surface area contributed by atoms with Gasteiger partial charge in [0.15, 0.2) is 0 Å². The maximum atomic E-state index is 13.7. The number of amides is 1. The Hall–Kier alpha value is -2.20. The molecule has 0 bridgehead atoms. The molecule has 0 saturated heterocycles. The number of carbonyl (C=O) groups is 1. The van der Waals surface area contributed by atoms with Crippen molar-refractivity contribution in [3.05, 3.63) is 71.5 Å². The van der Waals surface area contributed by atoms with Gasteiger partial charge in [-0.2, -0.15) is 0 Å². The smallest absolute Gasteiger partial charge is 0.220 e. The molecule has 2 aromatic carbocycles. The molecule has 0 aliphatic rings. The SMILES string of the molecule is CC(CC(O)c1ccccc1)NC(=O)CC(C)c1ccccc1F. The third kappa shape index (κ3) is 5.17. The van der Waals surface area contributed by atoms with Crippen LogP contribution in [0.5, 0.6) is 0 Å². The van der Waals surface area contributed by atoms with Gasteiger partial charge in [0, 0.05) is 12.5 Å². The van der Waals surface area contributed by atoms with E-state index < -0.39 is 6.10 Å². The van der Waals surface area contributed by atoms with Crippen LogP contribution in [-0.4, -0.2) is 17.1 Å². The molecule has 0 aliphatic carbocycles. The van der Waals surface area contributed by atoms with Crippen molar-refractivity contribution in [2.45, 2.75) is 44.8 Å². The summed E-state index contributed by atoms with van der Waals surface area (Å²) in [6.07, 6.45) is 0.0294. The molecular formula is C20H24FNO2. The van der Waals surface area contributed by atoms with Crippen LogP contribution in [0.2, 0.25) is 0 Å². The zero-order chi connectivity index (χ0) is 17.5. The van der Waals surface area contributed by atoms with Crippen molar-refractivity contribution in [2.24, 2.45) is 0 Å². The molecule has 4 heteroatoms. The lowest BCUT2D eigenvalue weighted by Crippen LogP contribution is -2.34. The van der Waals surface area contributed by atoms with Crippen LogP contribution in [0.4, 0.5) is 4.39 Å². The van der Waals surface area contributed by atoms with Crippen LogP contribution in [0.25, 0.3) is 0 Å². The van der Waals surface area contributed by atoms with Crippen molar-refractivity contribution >= 4 is 5.91 Å². The Morgan fingerprint density at radius 2 is 1.71 bits per heavy atom. The van der Waals surface area contributed by atoms with Crippen molar-refractivity contribution in [1.29, 1.82) is 0 Å². The summed E-state index contributed by atoms with van der Waals surface area (Å²) in [4.78, 5) is 12.2. The molecular weight excluding hydrogens is 305 g/mol. The van der Waals surface area contributed by atoms with E-state index in [-0.39, 0.29) is 30.1 Å². The minimum absolute atomic E-state index is 0.140. The normalized spacial score (nSPS) is 14.7. The number of hydrogen-bond donors (Lipinski definition) is 2. The average Bonchev–Trinajstić information content (AvgIpc) is 2.55. The fourth-order valence-electron chi connectivity index (χ4n) is 2.80. The highest BCUT2D eigenvalue weighted by molar-refractivity contribution is 5.77. The zero-order valence-electron chi connectivity index (χ0n) is 14.1. The highest BCUT2D eigenvalue weighted by atomic mass is 19.1. The van der Waals surface area contributed by atoms with Crippen LogP contribution in [0.1, 0.15) is 49.8 Å². The van der Waals surface area contributed by atoms with Crippen LogP contribution in [0, 0.1) is 5.82 Å². The number of aliphatic hydroxyl groups excluding tert-OH is 1. The second kappa shape index (κ2) is 8.60. The monoisotopic (exact) mass is 329 g/mol. The zero-order valence-corrected chi connectivity index (χ0v) is 14.1. The van der Waals surface area contributed by atoms with E-state index in [1.165, 1.54) is 6.07 Å². The summed E-state index contributed by atoms with van der Waals surface area (Å²) >= 11 is 0. The van der Waals surface area contributed by atoms with Crippen LogP contribution >= 0.6 is 0 Å². The van der Waals surface area contributed by atoms with E-state index in [2.05, 4.69) is 5.32 Å². The molecule has 24 heavy (non-hydrogen) atoms. The topological polar surface area (TPSA) is 49.3 Å². The minimum Gasteiger partial charge on any atom is -0.388 e. The molecule has 0 fully saturated rings. The molecule has 0 aliphatic heterocycles. The minimum atomic E-state index is -0.620. The van der Waals surface area contributed by atoms with Gasteiger partial charge >= 0.3 is 0 Å². The molecule has 3 atom stereocenters. The van der Waals surface area contributed by atoms with Gasteiger partial charge in [-0.3, -0.25) is 4.79 Å². The van der Waals surface area contributed by atoms with Crippen LogP contribution in [0.15, 0.2) is 54.6 Å². The van der Waals surface area contributed by atoms with Gasteiger partial charge in [0.1, 0.15) is 5.82 Å². The molecule has 0 heterocycles. The molecule has 1 amide bonds. The number of rotatable bonds is 7. The van der Waals surface area contributed by atoms with Crippen LogP contribution < -0.4 is 5.32 Å². The fraction of sp³-hybridized carbons (Fsp3) is 0.350. The van der Waals surface area contributed by atoms with Gasteiger partial charge in [0.05, 0.1) is 6.10 Å². The van der Waals surface area contributed by atoms with E-state index in [9.17, 15) is 14.3 Å². The first-order chi connectivity index (χ1) is 11.5. The molecule has 3 nitrogen and oxygen atoms in total. The highest BCUT2D eigenvalue weighted by Crippen LogP contribution is 2.22. The number of carbonyl (C=O) groups excluding carboxylic acids is 1. The van der Waals surface area contributed by atoms with Crippen LogP contribution in [0.3, 0.4) is 0 Å². The Balaban J connectivity index is 1.84. The van der Waals surface area contributed by atoms with E-state index in [0.29, 0.717) is 12.0 Å². The largest absolute Gasteiger partial charge is 0.388 e. The Labute approximate surface area is 142 Å². The molecule has 2 N–H and O–H groups in total. The van der Waals surface area contributed by atoms with Gasteiger partial charge in [-0.15, -0.1) is 0 Å². The average molecular weight is 329 g/mol. The lowest BCUT2D eigenvalue weighted by atomic mass is 9.96. The van der Waals surface area contributed by atoms with Gasteiger partial charge in [-0.1, -0.05) is 55.5 Å². The van der Waals surface area contributed by atoms with E-state index in [1.54, 1.807) is 18.2 Å². The summed E-state index contributed by atoms with van der Waals surface area (Å²) in [6.45, 7) is 3.69. The number of halogens is 1. The Morgan fingerprint density at radius 3 is 2.38 bits per heavy atom. The third-order valence-corrected chi connectivity index (χ3v) is 4.10. The number of nitrogens with one attached hydrogen (secondary N) is 1. The molecule has 128 valence electrons. The van der Waals surface area contributed by atoms with Crippen molar-refractivity contribution in [1.82, 2.24) is 5.32 Å². The Bertz CT molecular complexity index is 660. The van der Waals surface area contributed by atoms with E-state index in [0.717, 1.165) is 5.56 Å². The molecule has 0 spiro atoms. The summed E-state index contributed by atoms with van der Waals surface area (Å²) in [6, 6.07) is 15.7. The van der Waals surface area contributed by atoms with Crippen LogP contribution in [-0.2, 0) is 4.79 Å². The second-order valence-electron chi connectivity index (χ2n) is 6.26. The van der Waals surface area contributed by atoms with Crippen molar-refractivity contribution in [3.63, 3.8) is 0 Å². The standard InChI is InChI=1S/C20H24FNO2/c1-14(17-10-6-7-11-18(17)21)12-20(24)22-15(2)13-19(23)16-8-4-3-5-9-16/h3-11,14-15,19,23H,12-13H2,1-2H3,(H,22,24). The predicted octanol–water partition coefficient (Wildman–Crippen LogP) is 3.95. The van der Waals surface area contributed by atoms with E-state index in [4.69, 9.17) is 0 Å². The lowest BCUT2D eigenvalue weighted by molar-refractivity contribution is -0.122. The molecule has 0 aromatic heterocycles. The first-order valence-electron chi connectivity index (χ1n) is 8.24. The summed E-state index contributed by atoms with van der Waals surface area (Å²) in [5, 5.41) is 13.1. The van der Waals surface area contributed by atoms with E-state index >= 15 is 0 Å². The molecule has 3 unspecified atom stereocenters. The maximum absolute atomic E-state index is 13.7. The Morgan fingerprint density at radius 1 is 1.08 bits per heavy atom. The third-order valence-electron chi connectivity index (χ3n) is 4.10. The number of aliphatic hydroxyl groups is 1. The van der Waals surface area contributed by atoms with Crippen molar-refractivity contribution in [2.75, 3.05) is 0 Å². The predicted molar refractivity (Wildman–Crippen MR) is 93.1 cm³/mol. The van der Waals surface area contributed by atoms with E-state index in [1.807, 2.05) is 44.2 Å². The molecule has 2 rings (SSSR count). The molecule has 2 aromatic rings. The van der Waals surface area contributed by atoms with Crippen molar-refractivity contribution < 1.29 is 14.3 Å².